The molecular weight excluding hydrogens is 224 g/mol. The topological polar surface area (TPSA) is 63.8 Å². The highest BCUT2D eigenvalue weighted by Crippen LogP contribution is 2.21. The van der Waals surface area contributed by atoms with E-state index >= 15 is 0 Å². The largest absolute Gasteiger partial charge is 0.366 e. The lowest BCUT2D eigenvalue weighted by Crippen LogP contribution is -2.42. The first-order valence-corrected chi connectivity index (χ1v) is 6.06. The number of aryl methyl sites for hydroxylation is 1. The summed E-state index contributed by atoms with van der Waals surface area (Å²) in [5.41, 5.74) is 6.93. The molecule has 0 spiro atoms. The van der Waals surface area contributed by atoms with Crippen LogP contribution in [0.25, 0.3) is 0 Å². The number of nitrogens with two attached hydrogens (primary N) is 1. The van der Waals surface area contributed by atoms with Crippen LogP contribution in [-0.4, -0.2) is 22.1 Å². The van der Waals surface area contributed by atoms with E-state index in [-0.39, 0.29) is 11.3 Å². The van der Waals surface area contributed by atoms with Gasteiger partial charge in [-0.1, -0.05) is 12.8 Å². The van der Waals surface area contributed by atoms with Gasteiger partial charge in [-0.25, -0.2) is 9.97 Å². The number of halogens is 1. The summed E-state index contributed by atoms with van der Waals surface area (Å²) in [5, 5.41) is 3.64. The number of hydrogen-bond donors (Lipinski definition) is 2. The molecule has 1 fully saturated rings. The first-order chi connectivity index (χ1) is 7.65. The molecule has 1 aromatic rings. The van der Waals surface area contributed by atoms with Gasteiger partial charge in [0.15, 0.2) is 0 Å². The highest BCUT2D eigenvalue weighted by molar-refractivity contribution is 6.28. The molecule has 4 nitrogen and oxygen atoms in total. The molecule has 1 heterocycles. The van der Waals surface area contributed by atoms with E-state index in [1.165, 1.54) is 12.8 Å². The third kappa shape index (κ3) is 2.83. The quantitative estimate of drug-likeness (QED) is 0.778. The average molecular weight is 241 g/mol. The molecule has 0 aliphatic heterocycles. The van der Waals surface area contributed by atoms with Crippen LogP contribution in [0, 0.1) is 6.92 Å². The van der Waals surface area contributed by atoms with E-state index in [1.54, 1.807) is 0 Å². The van der Waals surface area contributed by atoms with Gasteiger partial charge in [0.25, 0.3) is 0 Å². The first-order valence-electron chi connectivity index (χ1n) is 5.68. The number of hydrogen-bond acceptors (Lipinski definition) is 4. The van der Waals surface area contributed by atoms with Crippen LogP contribution in [0.5, 0.6) is 0 Å². The molecule has 5 heteroatoms. The van der Waals surface area contributed by atoms with Crippen molar-refractivity contribution in [2.24, 2.45) is 5.73 Å². The Morgan fingerprint density at radius 1 is 1.38 bits per heavy atom. The van der Waals surface area contributed by atoms with Crippen molar-refractivity contribution in [1.29, 1.82) is 0 Å². The molecule has 0 radical (unpaired) electrons. The highest BCUT2D eigenvalue weighted by atomic mass is 35.5. The second kappa shape index (κ2) is 4.97. The Labute approximate surface area is 101 Å². The summed E-state index contributed by atoms with van der Waals surface area (Å²) in [5.74, 6) is 0.778. The Morgan fingerprint density at radius 2 is 2.12 bits per heavy atom. The Bertz CT molecular complexity index is 349. The van der Waals surface area contributed by atoms with Crippen LogP contribution in [0.1, 0.15) is 31.4 Å². The summed E-state index contributed by atoms with van der Waals surface area (Å²) in [4.78, 5) is 8.18. The van der Waals surface area contributed by atoms with E-state index in [2.05, 4.69) is 15.3 Å². The standard InChI is InChI=1S/C11H17ClN4/c1-7-6-10(16-11(12)14-7)15-9-5-3-2-4-8(9)13/h6,8-9H,2-5,13H2,1H3,(H,14,15,16)/t8-,9-/m1/s1. The fraction of sp³-hybridized carbons (Fsp3) is 0.636. The van der Waals surface area contributed by atoms with Crippen LogP contribution in [-0.2, 0) is 0 Å². The second-order valence-electron chi connectivity index (χ2n) is 4.36. The Kier molecular flexibility index (Phi) is 3.61. The average Bonchev–Trinajstić information content (AvgIpc) is 2.20. The van der Waals surface area contributed by atoms with Gasteiger partial charge in [0.05, 0.1) is 0 Å². The summed E-state index contributed by atoms with van der Waals surface area (Å²) < 4.78 is 0. The van der Waals surface area contributed by atoms with Crippen molar-refractivity contribution in [1.82, 2.24) is 9.97 Å². The molecular formula is C11H17ClN4. The van der Waals surface area contributed by atoms with Crippen LogP contribution >= 0.6 is 11.6 Å². The van der Waals surface area contributed by atoms with Crippen molar-refractivity contribution < 1.29 is 0 Å². The minimum atomic E-state index is 0.211. The van der Waals surface area contributed by atoms with Gasteiger partial charge >= 0.3 is 0 Å². The summed E-state index contributed by atoms with van der Waals surface area (Å²) in [6.07, 6.45) is 4.63. The van der Waals surface area contributed by atoms with Crippen molar-refractivity contribution in [3.8, 4) is 0 Å². The molecule has 0 unspecified atom stereocenters. The van der Waals surface area contributed by atoms with E-state index in [0.29, 0.717) is 6.04 Å². The summed E-state index contributed by atoms with van der Waals surface area (Å²) >= 11 is 5.81. The maximum absolute atomic E-state index is 6.06. The SMILES string of the molecule is Cc1cc(N[C@@H]2CCCC[C@H]2N)nc(Cl)n1. The monoisotopic (exact) mass is 240 g/mol. The lowest BCUT2D eigenvalue weighted by molar-refractivity contribution is 0.403. The fourth-order valence-corrected chi connectivity index (χ4v) is 2.36. The first kappa shape index (κ1) is 11.6. The molecule has 0 amide bonds. The van der Waals surface area contributed by atoms with Gasteiger partial charge in [-0.05, 0) is 31.4 Å². The van der Waals surface area contributed by atoms with Gasteiger partial charge in [0.1, 0.15) is 5.82 Å². The van der Waals surface area contributed by atoms with E-state index < -0.39 is 0 Å². The van der Waals surface area contributed by atoms with E-state index in [0.717, 1.165) is 24.4 Å². The van der Waals surface area contributed by atoms with Crippen molar-refractivity contribution >= 4 is 17.4 Å². The third-order valence-electron chi connectivity index (χ3n) is 2.98. The van der Waals surface area contributed by atoms with Crippen LogP contribution in [0.3, 0.4) is 0 Å². The zero-order chi connectivity index (χ0) is 11.5. The van der Waals surface area contributed by atoms with E-state index in [9.17, 15) is 0 Å². The second-order valence-corrected chi connectivity index (χ2v) is 4.70. The summed E-state index contributed by atoms with van der Waals surface area (Å²) in [6.45, 7) is 1.90. The Hall–Kier alpha value is -0.870. The number of nitrogens with zero attached hydrogens (tertiary/aromatic N) is 2. The minimum Gasteiger partial charge on any atom is -0.366 e. The molecule has 1 aliphatic rings. The fourth-order valence-electron chi connectivity index (χ4n) is 2.13. The predicted molar refractivity (Wildman–Crippen MR) is 65.6 cm³/mol. The maximum Gasteiger partial charge on any atom is 0.224 e. The van der Waals surface area contributed by atoms with Gasteiger partial charge in [-0.3, -0.25) is 0 Å². The van der Waals surface area contributed by atoms with Gasteiger partial charge in [0.2, 0.25) is 5.28 Å². The highest BCUT2D eigenvalue weighted by Gasteiger charge is 2.21. The van der Waals surface area contributed by atoms with Crippen LogP contribution in [0.4, 0.5) is 5.82 Å². The lowest BCUT2D eigenvalue weighted by atomic mass is 9.91. The Morgan fingerprint density at radius 3 is 2.81 bits per heavy atom. The van der Waals surface area contributed by atoms with Crippen LogP contribution < -0.4 is 11.1 Å². The molecule has 1 aromatic heterocycles. The van der Waals surface area contributed by atoms with Gasteiger partial charge in [-0.2, -0.15) is 0 Å². The zero-order valence-electron chi connectivity index (χ0n) is 9.41. The molecule has 88 valence electrons. The predicted octanol–water partition coefficient (Wildman–Crippen LogP) is 2.12. The molecule has 2 rings (SSSR count). The Balaban J connectivity index is 2.07. The van der Waals surface area contributed by atoms with Gasteiger partial charge in [0, 0.05) is 23.8 Å². The van der Waals surface area contributed by atoms with Crippen molar-refractivity contribution in [2.45, 2.75) is 44.7 Å². The maximum atomic E-state index is 6.06. The number of nitrogens with one attached hydrogen (secondary N) is 1. The summed E-state index contributed by atoms with van der Waals surface area (Å²) in [6, 6.07) is 2.41. The summed E-state index contributed by atoms with van der Waals surface area (Å²) in [7, 11) is 0. The van der Waals surface area contributed by atoms with Crippen LogP contribution in [0.15, 0.2) is 6.07 Å². The van der Waals surface area contributed by atoms with Gasteiger partial charge in [-0.15, -0.1) is 0 Å². The van der Waals surface area contributed by atoms with Crippen molar-refractivity contribution in [2.75, 3.05) is 5.32 Å². The van der Waals surface area contributed by atoms with E-state index in [4.69, 9.17) is 17.3 Å². The molecule has 2 atom stereocenters. The van der Waals surface area contributed by atoms with Crippen LogP contribution in [0.2, 0.25) is 5.28 Å². The molecule has 0 saturated heterocycles. The van der Waals surface area contributed by atoms with Crippen molar-refractivity contribution in [3.05, 3.63) is 17.0 Å². The number of anilines is 1. The molecule has 1 aliphatic carbocycles. The number of rotatable bonds is 2. The molecule has 16 heavy (non-hydrogen) atoms. The zero-order valence-corrected chi connectivity index (χ0v) is 10.2. The van der Waals surface area contributed by atoms with E-state index in [1.807, 2.05) is 13.0 Å². The van der Waals surface area contributed by atoms with Gasteiger partial charge < -0.3 is 11.1 Å². The molecule has 0 bridgehead atoms. The smallest absolute Gasteiger partial charge is 0.224 e. The molecule has 3 N–H and O–H groups in total. The normalized spacial score (nSPS) is 25.4. The molecule has 1 saturated carbocycles. The van der Waals surface area contributed by atoms with Crippen molar-refractivity contribution in [3.63, 3.8) is 0 Å². The molecule has 0 aromatic carbocycles. The number of aromatic nitrogens is 2. The lowest BCUT2D eigenvalue weighted by Gasteiger charge is -2.29. The minimum absolute atomic E-state index is 0.211. The third-order valence-corrected chi connectivity index (χ3v) is 3.15.